The third-order valence-corrected chi connectivity index (χ3v) is 2.63. The van der Waals surface area contributed by atoms with E-state index in [9.17, 15) is 17.8 Å². The van der Waals surface area contributed by atoms with Gasteiger partial charge < -0.3 is 14.4 Å². The Balaban J connectivity index is 0.00000256. The molecule has 1 N–H and O–H groups in total. The number of ketones is 1. The molecule has 0 radical (unpaired) electrons. The molecule has 88 valence electrons. The second kappa shape index (κ2) is 6.48. The third-order valence-electron chi connectivity index (χ3n) is 1.87. The van der Waals surface area contributed by atoms with E-state index in [4.69, 9.17) is 9.84 Å². The summed E-state index contributed by atoms with van der Waals surface area (Å²) < 4.78 is 36.1. The van der Waals surface area contributed by atoms with Crippen LogP contribution < -0.4 is 34.3 Å². The first-order chi connectivity index (χ1) is 7.36. The number of Topliss-reactive ketones (excluding diaryl/α,β-unsaturated/α-hetero) is 1. The van der Waals surface area contributed by atoms with Crippen molar-refractivity contribution in [3.05, 3.63) is 29.8 Å². The van der Waals surface area contributed by atoms with Crippen LogP contribution in [0.1, 0.15) is 10.4 Å². The summed E-state index contributed by atoms with van der Waals surface area (Å²) in [5.74, 6) is -0.686. The van der Waals surface area contributed by atoms with Crippen LogP contribution in [0.2, 0.25) is 0 Å². The molecule has 1 aromatic carbocycles. The van der Waals surface area contributed by atoms with Crippen molar-refractivity contribution in [2.75, 3.05) is 7.11 Å². The second-order valence-electron chi connectivity index (χ2n) is 2.94. The van der Waals surface area contributed by atoms with Gasteiger partial charge in [-0.25, -0.2) is 8.42 Å². The minimum Gasteiger partial charge on any atom is -0.746 e. The van der Waals surface area contributed by atoms with E-state index in [0.717, 1.165) is 0 Å². The molecule has 0 saturated carbocycles. The average Bonchev–Trinajstić information content (AvgIpc) is 2.26. The number of carbonyl (C=O) groups is 1. The monoisotopic (exact) mass is 268 g/mol. The van der Waals surface area contributed by atoms with Crippen molar-refractivity contribution >= 4 is 15.9 Å². The van der Waals surface area contributed by atoms with Crippen LogP contribution in [0.3, 0.4) is 0 Å². The van der Waals surface area contributed by atoms with Crippen LogP contribution in [0.15, 0.2) is 24.3 Å². The van der Waals surface area contributed by atoms with E-state index in [1.165, 1.54) is 31.4 Å². The summed E-state index contributed by atoms with van der Waals surface area (Å²) in [6.45, 7) is 0. The van der Waals surface area contributed by atoms with Crippen molar-refractivity contribution in [3.8, 4) is 5.75 Å². The minimum absolute atomic E-state index is 0. The molecular formula is C9H9NaO6S. The Hall–Kier alpha value is -0.440. The van der Waals surface area contributed by atoms with E-state index in [-0.39, 0.29) is 35.1 Å². The van der Waals surface area contributed by atoms with E-state index in [0.29, 0.717) is 5.75 Å². The Morgan fingerprint density at radius 2 is 1.82 bits per heavy atom. The van der Waals surface area contributed by atoms with Crippen molar-refractivity contribution in [2.45, 2.75) is 5.44 Å². The van der Waals surface area contributed by atoms with Gasteiger partial charge in [0, 0.05) is 5.56 Å². The summed E-state index contributed by atoms with van der Waals surface area (Å²) in [5.41, 5.74) is -2.64. The first-order valence-corrected chi connectivity index (χ1v) is 5.64. The van der Waals surface area contributed by atoms with Crippen molar-refractivity contribution in [1.82, 2.24) is 0 Å². The Morgan fingerprint density at radius 3 is 2.18 bits per heavy atom. The molecule has 0 fully saturated rings. The number of aliphatic hydroxyl groups is 1. The zero-order valence-corrected chi connectivity index (χ0v) is 12.1. The second-order valence-corrected chi connectivity index (χ2v) is 4.37. The van der Waals surface area contributed by atoms with Crippen LogP contribution >= 0.6 is 0 Å². The molecule has 1 aromatic rings. The van der Waals surface area contributed by atoms with Gasteiger partial charge in [0.15, 0.2) is 0 Å². The largest absolute Gasteiger partial charge is 1.00 e. The molecule has 0 heterocycles. The van der Waals surface area contributed by atoms with Gasteiger partial charge >= 0.3 is 29.6 Å². The van der Waals surface area contributed by atoms with Gasteiger partial charge in [0.1, 0.15) is 15.9 Å². The molecule has 0 aliphatic carbocycles. The van der Waals surface area contributed by atoms with Gasteiger partial charge in [-0.05, 0) is 24.3 Å². The molecule has 0 aromatic heterocycles. The van der Waals surface area contributed by atoms with Crippen LogP contribution in [0.25, 0.3) is 0 Å². The van der Waals surface area contributed by atoms with E-state index in [1.807, 2.05) is 0 Å². The van der Waals surface area contributed by atoms with Crippen LogP contribution in [0.4, 0.5) is 0 Å². The number of benzene rings is 1. The Morgan fingerprint density at radius 1 is 1.35 bits per heavy atom. The molecule has 8 heteroatoms. The first-order valence-electron chi connectivity index (χ1n) is 4.17. The van der Waals surface area contributed by atoms with Gasteiger partial charge in [0.05, 0.1) is 7.11 Å². The maximum atomic E-state index is 11.3. The molecule has 1 atom stereocenters. The number of hydrogen-bond donors (Lipinski definition) is 1. The predicted octanol–water partition coefficient (Wildman–Crippen LogP) is -3.25. The van der Waals surface area contributed by atoms with Crippen LogP contribution in [-0.4, -0.2) is 36.4 Å². The summed E-state index contributed by atoms with van der Waals surface area (Å²) in [5, 5.41) is 8.95. The van der Waals surface area contributed by atoms with Gasteiger partial charge in [-0.1, -0.05) is 0 Å². The fourth-order valence-corrected chi connectivity index (χ4v) is 1.43. The SMILES string of the molecule is COc1ccc(C(=O)C(O)S(=O)(=O)[O-])cc1.[Na+]. The molecule has 0 saturated heterocycles. The fraction of sp³-hybridized carbons (Fsp3) is 0.222. The number of hydrogen-bond acceptors (Lipinski definition) is 6. The molecule has 0 amide bonds. The van der Waals surface area contributed by atoms with E-state index in [2.05, 4.69) is 0 Å². The molecule has 0 aliphatic rings. The minimum atomic E-state index is -5.04. The van der Waals surface area contributed by atoms with Crippen LogP contribution in [0.5, 0.6) is 5.75 Å². The number of carbonyl (C=O) groups excluding carboxylic acids is 1. The van der Waals surface area contributed by atoms with Gasteiger partial charge in [0.25, 0.3) is 0 Å². The first kappa shape index (κ1) is 16.6. The normalized spacial score (nSPS) is 12.4. The predicted molar refractivity (Wildman–Crippen MR) is 53.0 cm³/mol. The summed E-state index contributed by atoms with van der Waals surface area (Å²) in [6, 6.07) is 5.35. The zero-order chi connectivity index (χ0) is 12.3. The van der Waals surface area contributed by atoms with Crippen molar-refractivity contribution in [1.29, 1.82) is 0 Å². The van der Waals surface area contributed by atoms with Gasteiger partial charge in [-0.15, -0.1) is 0 Å². The van der Waals surface area contributed by atoms with Gasteiger partial charge in [0.2, 0.25) is 11.2 Å². The quantitative estimate of drug-likeness (QED) is 0.349. The summed E-state index contributed by atoms with van der Waals surface area (Å²) in [4.78, 5) is 11.3. The smallest absolute Gasteiger partial charge is 0.746 e. The fourth-order valence-electron chi connectivity index (χ4n) is 1.03. The maximum Gasteiger partial charge on any atom is 1.00 e. The molecule has 1 unspecified atom stereocenters. The van der Waals surface area contributed by atoms with Gasteiger partial charge in [-0.2, -0.15) is 0 Å². The van der Waals surface area contributed by atoms with Crippen molar-refractivity contribution < 1.29 is 57.2 Å². The summed E-state index contributed by atoms with van der Waals surface area (Å²) >= 11 is 0. The maximum absolute atomic E-state index is 11.3. The number of rotatable bonds is 4. The Labute approximate surface area is 121 Å². The molecule has 1 rings (SSSR count). The van der Waals surface area contributed by atoms with Gasteiger partial charge in [-0.3, -0.25) is 4.79 Å². The van der Waals surface area contributed by atoms with E-state index < -0.39 is 21.3 Å². The summed E-state index contributed by atoms with van der Waals surface area (Å²) in [6.07, 6.45) is 0. The number of aliphatic hydroxyl groups excluding tert-OH is 1. The van der Waals surface area contributed by atoms with Crippen molar-refractivity contribution in [3.63, 3.8) is 0 Å². The zero-order valence-electron chi connectivity index (χ0n) is 9.28. The molecular weight excluding hydrogens is 259 g/mol. The molecule has 0 bridgehead atoms. The van der Waals surface area contributed by atoms with Crippen LogP contribution in [0, 0.1) is 0 Å². The summed E-state index contributed by atoms with van der Waals surface area (Å²) in [7, 11) is -3.62. The van der Waals surface area contributed by atoms with Crippen molar-refractivity contribution in [2.24, 2.45) is 0 Å². The molecule has 0 spiro atoms. The molecule has 17 heavy (non-hydrogen) atoms. The molecule has 6 nitrogen and oxygen atoms in total. The van der Waals surface area contributed by atoms with E-state index in [1.54, 1.807) is 0 Å². The average molecular weight is 268 g/mol. The Bertz CT molecular complexity index is 481. The number of methoxy groups -OCH3 is 1. The topological polar surface area (TPSA) is 104 Å². The Kier molecular flexibility index (Phi) is 6.31. The van der Waals surface area contributed by atoms with E-state index >= 15 is 0 Å². The molecule has 0 aliphatic heterocycles. The van der Waals surface area contributed by atoms with Crippen LogP contribution in [-0.2, 0) is 10.1 Å². The standard InChI is InChI=1S/C9H10O6S.Na/c1-15-7-4-2-6(3-5-7)8(10)9(11)16(12,13)14;/h2-5,9,11H,1H3,(H,12,13,14);/q;+1/p-1. The third kappa shape index (κ3) is 4.38. The number of ether oxygens (including phenoxy) is 1.